The Kier molecular flexibility index (Phi) is 8.65. The third-order valence-corrected chi connectivity index (χ3v) is 5.42. The number of benzene rings is 2. The van der Waals surface area contributed by atoms with Crippen molar-refractivity contribution < 1.29 is 18.8 Å². The number of rotatable bonds is 5. The van der Waals surface area contributed by atoms with Crippen molar-refractivity contribution in [1.29, 1.82) is 0 Å². The molecule has 0 unspecified atom stereocenters. The van der Waals surface area contributed by atoms with E-state index in [1.54, 1.807) is 24.3 Å². The maximum Gasteiger partial charge on any atom is 0.269 e. The van der Waals surface area contributed by atoms with Gasteiger partial charge in [0, 0.05) is 23.2 Å². The Morgan fingerprint density at radius 1 is 0.909 bits per heavy atom. The zero-order chi connectivity index (χ0) is 23.6. The predicted molar refractivity (Wildman–Crippen MR) is 128 cm³/mol. The summed E-state index contributed by atoms with van der Waals surface area (Å²) < 4.78 is 12.9. The van der Waals surface area contributed by atoms with Crippen molar-refractivity contribution in [3.8, 4) is 0 Å². The first-order valence-electron chi connectivity index (χ1n) is 10.7. The molecule has 1 aliphatic rings. The molecule has 2 aromatic carbocycles. The van der Waals surface area contributed by atoms with E-state index < -0.39 is 11.8 Å². The molecule has 4 N–H and O–H groups in total. The molecule has 0 bridgehead atoms. The normalized spacial score (nSPS) is 13.8. The monoisotopic (exact) mass is 468 g/mol. The van der Waals surface area contributed by atoms with Gasteiger partial charge in [-0.05, 0) is 73.1 Å². The smallest absolute Gasteiger partial charge is 0.269 e. The Hall–Kier alpha value is -3.59. The van der Waals surface area contributed by atoms with E-state index in [0.717, 1.165) is 25.7 Å². The lowest BCUT2D eigenvalue weighted by atomic mass is 9.88. The minimum Gasteiger partial charge on any atom is -0.326 e. The summed E-state index contributed by atoms with van der Waals surface area (Å²) in [4.78, 5) is 36.5. The lowest BCUT2D eigenvalue weighted by molar-refractivity contribution is -0.120. The molecule has 1 saturated carbocycles. The summed E-state index contributed by atoms with van der Waals surface area (Å²) >= 11 is 4.99. The lowest BCUT2D eigenvalue weighted by Gasteiger charge is -2.20. The fraction of sp³-hybridized carbons (Fsp3) is 0.250. The number of thiocarbonyl (C=S) groups is 1. The van der Waals surface area contributed by atoms with Crippen molar-refractivity contribution in [2.75, 3.05) is 5.32 Å². The Balaban J connectivity index is 1.42. The molecule has 3 rings (SSSR count). The molecule has 0 saturated heterocycles. The van der Waals surface area contributed by atoms with Gasteiger partial charge in [-0.25, -0.2) is 4.39 Å². The molecule has 0 aromatic heterocycles. The van der Waals surface area contributed by atoms with Gasteiger partial charge in [-0.3, -0.25) is 30.6 Å². The summed E-state index contributed by atoms with van der Waals surface area (Å²) in [5.74, 6) is -1.27. The average Bonchev–Trinajstić information content (AvgIpc) is 2.83. The quantitative estimate of drug-likeness (QED) is 0.305. The summed E-state index contributed by atoms with van der Waals surface area (Å²) in [6, 6.07) is 12.1. The predicted octanol–water partition coefficient (Wildman–Crippen LogP) is 3.69. The molecule has 172 valence electrons. The molecule has 0 radical (unpaired) electrons. The molecule has 3 amide bonds. The molecule has 33 heavy (non-hydrogen) atoms. The highest BCUT2D eigenvalue weighted by atomic mass is 32.1. The SMILES string of the molecule is O=C(/C=C/c1ccc(F)cc1)NC(=S)NNC(=O)c1ccc(NC(=O)C2CCCCC2)cc1. The van der Waals surface area contributed by atoms with Crippen molar-refractivity contribution in [3.63, 3.8) is 0 Å². The second-order valence-corrected chi connectivity index (χ2v) is 8.09. The zero-order valence-corrected chi connectivity index (χ0v) is 18.7. The van der Waals surface area contributed by atoms with Crippen LogP contribution < -0.4 is 21.5 Å². The van der Waals surface area contributed by atoms with Crippen LogP contribution >= 0.6 is 12.2 Å². The second kappa shape index (κ2) is 11.9. The molecule has 9 heteroatoms. The molecule has 0 spiro atoms. The van der Waals surface area contributed by atoms with E-state index in [2.05, 4.69) is 21.5 Å². The maximum absolute atomic E-state index is 12.9. The molecule has 1 fully saturated rings. The van der Waals surface area contributed by atoms with Gasteiger partial charge in [0.1, 0.15) is 5.82 Å². The number of carbonyl (C=O) groups excluding carboxylic acids is 3. The first-order valence-corrected chi connectivity index (χ1v) is 11.1. The average molecular weight is 469 g/mol. The molecular weight excluding hydrogens is 443 g/mol. The van der Waals surface area contributed by atoms with Crippen LogP contribution in [0.4, 0.5) is 10.1 Å². The van der Waals surface area contributed by atoms with Crippen LogP contribution in [0, 0.1) is 11.7 Å². The highest BCUT2D eigenvalue weighted by molar-refractivity contribution is 7.80. The fourth-order valence-electron chi connectivity index (χ4n) is 3.43. The van der Waals surface area contributed by atoms with Crippen LogP contribution in [0.5, 0.6) is 0 Å². The summed E-state index contributed by atoms with van der Waals surface area (Å²) in [6.45, 7) is 0. The van der Waals surface area contributed by atoms with Gasteiger partial charge in [-0.15, -0.1) is 0 Å². The van der Waals surface area contributed by atoms with E-state index >= 15 is 0 Å². The Morgan fingerprint density at radius 3 is 2.24 bits per heavy atom. The van der Waals surface area contributed by atoms with Gasteiger partial charge in [0.25, 0.3) is 5.91 Å². The number of nitrogens with one attached hydrogen (secondary N) is 4. The van der Waals surface area contributed by atoms with Gasteiger partial charge in [0.05, 0.1) is 0 Å². The Bertz CT molecular complexity index is 1030. The number of hydrazine groups is 1. The van der Waals surface area contributed by atoms with Crippen molar-refractivity contribution in [1.82, 2.24) is 16.2 Å². The third kappa shape index (κ3) is 7.80. The lowest BCUT2D eigenvalue weighted by Crippen LogP contribution is -2.48. The van der Waals surface area contributed by atoms with E-state index in [-0.39, 0.29) is 22.8 Å². The third-order valence-electron chi connectivity index (χ3n) is 5.21. The largest absolute Gasteiger partial charge is 0.326 e. The molecule has 0 atom stereocenters. The highest BCUT2D eigenvalue weighted by Crippen LogP contribution is 2.25. The first kappa shape index (κ1) is 24.1. The summed E-state index contributed by atoms with van der Waals surface area (Å²) in [5, 5.41) is 5.20. The molecule has 2 aromatic rings. The molecule has 7 nitrogen and oxygen atoms in total. The first-order chi connectivity index (χ1) is 15.9. The van der Waals surface area contributed by atoms with Gasteiger partial charge < -0.3 is 5.32 Å². The molecule has 0 aliphatic heterocycles. The number of carbonyl (C=O) groups is 3. The highest BCUT2D eigenvalue weighted by Gasteiger charge is 2.21. The van der Waals surface area contributed by atoms with Crippen LogP contribution in [0.3, 0.4) is 0 Å². The van der Waals surface area contributed by atoms with Gasteiger partial charge in [0.2, 0.25) is 11.8 Å². The number of anilines is 1. The molecule has 1 aliphatic carbocycles. The van der Waals surface area contributed by atoms with E-state index in [0.29, 0.717) is 16.8 Å². The van der Waals surface area contributed by atoms with E-state index in [9.17, 15) is 18.8 Å². The van der Waals surface area contributed by atoms with Crippen molar-refractivity contribution in [2.45, 2.75) is 32.1 Å². The fourth-order valence-corrected chi connectivity index (χ4v) is 3.58. The number of amides is 3. The molecule has 0 heterocycles. The van der Waals surface area contributed by atoms with Crippen LogP contribution in [0.1, 0.15) is 48.0 Å². The van der Waals surface area contributed by atoms with Crippen molar-refractivity contribution in [3.05, 3.63) is 71.6 Å². The van der Waals surface area contributed by atoms with Crippen LogP contribution in [0.2, 0.25) is 0 Å². The molecular formula is C24H25FN4O3S. The minimum atomic E-state index is -0.510. The Labute approximate surface area is 196 Å². The summed E-state index contributed by atoms with van der Waals surface area (Å²) in [5.41, 5.74) is 6.48. The summed E-state index contributed by atoms with van der Waals surface area (Å²) in [7, 11) is 0. The van der Waals surface area contributed by atoms with Crippen molar-refractivity contribution >= 4 is 46.8 Å². The van der Waals surface area contributed by atoms with Crippen LogP contribution in [-0.2, 0) is 9.59 Å². The van der Waals surface area contributed by atoms with Crippen LogP contribution in [0.15, 0.2) is 54.6 Å². The zero-order valence-electron chi connectivity index (χ0n) is 17.9. The topological polar surface area (TPSA) is 99.3 Å². The number of halogens is 1. The minimum absolute atomic E-state index is 0.0168. The van der Waals surface area contributed by atoms with Crippen LogP contribution in [-0.4, -0.2) is 22.8 Å². The second-order valence-electron chi connectivity index (χ2n) is 7.68. The maximum atomic E-state index is 12.9. The van der Waals surface area contributed by atoms with Crippen LogP contribution in [0.25, 0.3) is 6.08 Å². The van der Waals surface area contributed by atoms with Gasteiger partial charge >= 0.3 is 0 Å². The van der Waals surface area contributed by atoms with Gasteiger partial charge in [-0.2, -0.15) is 0 Å². The van der Waals surface area contributed by atoms with Crippen molar-refractivity contribution in [2.24, 2.45) is 5.92 Å². The number of hydrogen-bond donors (Lipinski definition) is 4. The van der Waals surface area contributed by atoms with Gasteiger partial charge in [0.15, 0.2) is 5.11 Å². The Morgan fingerprint density at radius 2 is 1.58 bits per heavy atom. The van der Waals surface area contributed by atoms with E-state index in [1.807, 2.05) is 0 Å². The van der Waals surface area contributed by atoms with E-state index in [1.165, 1.54) is 42.8 Å². The van der Waals surface area contributed by atoms with E-state index in [4.69, 9.17) is 12.2 Å². The number of hydrogen-bond acceptors (Lipinski definition) is 4. The standard InChI is InChI=1S/C24H25FN4O3S/c25-19-11-6-16(7-12-19)8-15-21(30)27-24(33)29-28-23(32)18-9-13-20(14-10-18)26-22(31)17-4-2-1-3-5-17/h6-15,17H,1-5H2,(H,26,31)(H,28,32)(H2,27,29,30,33)/b15-8+. The van der Waals surface area contributed by atoms with Gasteiger partial charge in [-0.1, -0.05) is 31.4 Å². The summed E-state index contributed by atoms with van der Waals surface area (Å²) in [6.07, 6.45) is 7.91.